The number of Topliss-reactive ketones (excluding diaryl/α,β-unsaturated/α-hetero) is 1. The van der Waals surface area contributed by atoms with Crippen molar-refractivity contribution in [1.82, 2.24) is 0 Å². The highest BCUT2D eigenvalue weighted by atomic mass is 16.6. The highest BCUT2D eigenvalue weighted by molar-refractivity contribution is 5.96. The minimum atomic E-state index is -0.484. The molecule has 1 aromatic rings. The largest absolute Gasteiger partial charge is 0.430 e. The van der Waals surface area contributed by atoms with Crippen molar-refractivity contribution in [3.05, 3.63) is 17.4 Å². The summed E-state index contributed by atoms with van der Waals surface area (Å²) in [5.74, 6) is 0.0742. The van der Waals surface area contributed by atoms with E-state index in [0.29, 0.717) is 11.3 Å². The molecule has 17 heavy (non-hydrogen) atoms. The minimum absolute atomic E-state index is 0.0245. The van der Waals surface area contributed by atoms with E-state index >= 15 is 0 Å². The fraction of sp³-hybridized carbons (Fsp3) is 0.538. The molecule has 4 heteroatoms. The zero-order valence-electron chi connectivity index (χ0n) is 10.5. The lowest BCUT2D eigenvalue weighted by molar-refractivity contribution is -0.133. The molecule has 0 aromatic carbocycles. The molecule has 0 radical (unpaired) electrons. The molecule has 0 amide bonds. The quantitative estimate of drug-likeness (QED) is 0.434. The van der Waals surface area contributed by atoms with Crippen LogP contribution < -0.4 is 4.74 Å². The molecule has 0 unspecified atom stereocenters. The molecule has 0 bridgehead atoms. The molecule has 0 fully saturated rings. The Hall–Kier alpha value is -1.58. The Kier molecular flexibility index (Phi) is 4.94. The molecule has 0 aliphatic heterocycles. The number of aryl methyl sites for hydroxylation is 1. The molecule has 1 heterocycles. The Balaban J connectivity index is 2.80. The molecule has 0 saturated carbocycles. The number of unbranched alkanes of at least 4 members (excludes halogenated alkanes) is 2. The van der Waals surface area contributed by atoms with Crippen molar-refractivity contribution in [3.63, 3.8) is 0 Å². The number of hydrogen-bond donors (Lipinski definition) is 0. The molecule has 0 aliphatic carbocycles. The highest BCUT2D eigenvalue weighted by Gasteiger charge is 2.17. The predicted molar refractivity (Wildman–Crippen MR) is 63.3 cm³/mol. The fourth-order valence-corrected chi connectivity index (χ4v) is 1.55. The molecule has 1 aromatic heterocycles. The molecule has 0 spiro atoms. The van der Waals surface area contributed by atoms with E-state index in [1.165, 1.54) is 13.8 Å². The van der Waals surface area contributed by atoms with Crippen molar-refractivity contribution in [2.24, 2.45) is 0 Å². The number of furan rings is 1. The third-order valence-electron chi connectivity index (χ3n) is 2.39. The predicted octanol–water partition coefficient (Wildman–Crippen LogP) is 3.14. The van der Waals surface area contributed by atoms with Gasteiger partial charge in [-0.15, -0.1) is 0 Å². The van der Waals surface area contributed by atoms with Crippen LogP contribution in [0.5, 0.6) is 5.95 Å². The molecular weight excluding hydrogens is 220 g/mol. The fourth-order valence-electron chi connectivity index (χ4n) is 1.55. The van der Waals surface area contributed by atoms with Crippen molar-refractivity contribution in [2.75, 3.05) is 0 Å². The van der Waals surface area contributed by atoms with E-state index in [1.807, 2.05) is 0 Å². The number of rotatable bonds is 6. The molecule has 94 valence electrons. The number of ketones is 1. The lowest BCUT2D eigenvalue weighted by Crippen LogP contribution is -2.03. The van der Waals surface area contributed by atoms with Crippen LogP contribution in [-0.2, 0) is 11.2 Å². The van der Waals surface area contributed by atoms with Crippen molar-refractivity contribution in [2.45, 2.75) is 46.5 Å². The van der Waals surface area contributed by atoms with Crippen LogP contribution in [0.25, 0.3) is 0 Å². The third-order valence-corrected chi connectivity index (χ3v) is 2.39. The number of esters is 1. The third kappa shape index (κ3) is 4.06. The van der Waals surface area contributed by atoms with E-state index in [0.717, 1.165) is 25.7 Å². The van der Waals surface area contributed by atoms with Crippen LogP contribution in [0.2, 0.25) is 0 Å². The SMILES string of the molecule is CCCCCc1cc(C(C)=O)c(OC(C)=O)o1. The van der Waals surface area contributed by atoms with Gasteiger partial charge in [0.15, 0.2) is 5.78 Å². The summed E-state index contributed by atoms with van der Waals surface area (Å²) in [5.41, 5.74) is 0.340. The zero-order chi connectivity index (χ0) is 12.8. The van der Waals surface area contributed by atoms with E-state index in [2.05, 4.69) is 6.92 Å². The Bertz CT molecular complexity index is 404. The first-order chi connectivity index (χ1) is 8.04. The van der Waals surface area contributed by atoms with Gasteiger partial charge in [-0.05, 0) is 19.4 Å². The summed E-state index contributed by atoms with van der Waals surface area (Å²) in [6.45, 7) is 4.82. The van der Waals surface area contributed by atoms with Gasteiger partial charge in [0.25, 0.3) is 0 Å². The van der Waals surface area contributed by atoms with Crippen LogP contribution >= 0.6 is 0 Å². The average Bonchev–Trinajstić information content (AvgIpc) is 2.60. The van der Waals surface area contributed by atoms with Gasteiger partial charge in [0, 0.05) is 13.3 Å². The van der Waals surface area contributed by atoms with E-state index in [-0.39, 0.29) is 11.7 Å². The molecule has 0 atom stereocenters. The second kappa shape index (κ2) is 6.23. The molecule has 1 rings (SSSR count). The first-order valence-electron chi connectivity index (χ1n) is 5.86. The Morgan fingerprint density at radius 3 is 2.53 bits per heavy atom. The van der Waals surface area contributed by atoms with Gasteiger partial charge in [-0.2, -0.15) is 0 Å². The highest BCUT2D eigenvalue weighted by Crippen LogP contribution is 2.25. The summed E-state index contributed by atoms with van der Waals surface area (Å²) < 4.78 is 10.2. The summed E-state index contributed by atoms with van der Waals surface area (Å²) in [6.07, 6.45) is 3.99. The standard InChI is InChI=1S/C13H18O4/c1-4-5-6-7-11-8-12(9(2)14)13(17-11)16-10(3)15/h8H,4-7H2,1-3H3. The topological polar surface area (TPSA) is 56.5 Å². The maximum Gasteiger partial charge on any atom is 0.310 e. The summed E-state index contributed by atoms with van der Waals surface area (Å²) in [7, 11) is 0. The van der Waals surface area contributed by atoms with E-state index in [1.54, 1.807) is 6.07 Å². The zero-order valence-corrected chi connectivity index (χ0v) is 10.5. The summed E-state index contributed by atoms with van der Waals surface area (Å²) in [5, 5.41) is 0. The van der Waals surface area contributed by atoms with E-state index in [9.17, 15) is 9.59 Å². The van der Waals surface area contributed by atoms with Gasteiger partial charge >= 0.3 is 11.9 Å². The molecule has 0 N–H and O–H groups in total. The Labute approximate surface area is 101 Å². The summed E-state index contributed by atoms with van der Waals surface area (Å²) >= 11 is 0. The van der Waals surface area contributed by atoms with Crippen LogP contribution in [0.3, 0.4) is 0 Å². The maximum absolute atomic E-state index is 11.3. The van der Waals surface area contributed by atoms with Gasteiger partial charge in [-0.3, -0.25) is 9.59 Å². The first-order valence-corrected chi connectivity index (χ1v) is 5.86. The monoisotopic (exact) mass is 238 g/mol. The summed E-state index contributed by atoms with van der Waals surface area (Å²) in [4.78, 5) is 22.2. The minimum Gasteiger partial charge on any atom is -0.430 e. The van der Waals surface area contributed by atoms with Gasteiger partial charge in [0.1, 0.15) is 11.3 Å². The van der Waals surface area contributed by atoms with Crippen molar-refractivity contribution in [1.29, 1.82) is 0 Å². The van der Waals surface area contributed by atoms with Gasteiger partial charge in [-0.1, -0.05) is 19.8 Å². The smallest absolute Gasteiger partial charge is 0.310 e. The number of hydrogen-bond acceptors (Lipinski definition) is 4. The lowest BCUT2D eigenvalue weighted by Gasteiger charge is -1.97. The van der Waals surface area contributed by atoms with Gasteiger partial charge in [0.2, 0.25) is 0 Å². The second-order valence-electron chi connectivity index (χ2n) is 4.02. The number of ether oxygens (including phenoxy) is 1. The number of carbonyl (C=O) groups is 2. The van der Waals surface area contributed by atoms with Gasteiger partial charge in [0.05, 0.1) is 0 Å². The average molecular weight is 238 g/mol. The molecule has 0 aliphatic rings. The van der Waals surface area contributed by atoms with Crippen LogP contribution in [-0.4, -0.2) is 11.8 Å². The molecule has 4 nitrogen and oxygen atoms in total. The molecule has 0 saturated heterocycles. The lowest BCUT2D eigenvalue weighted by atomic mass is 10.1. The van der Waals surface area contributed by atoms with Gasteiger partial charge < -0.3 is 9.15 Å². The maximum atomic E-state index is 11.3. The van der Waals surface area contributed by atoms with Crippen LogP contribution in [0, 0.1) is 0 Å². The number of carbonyl (C=O) groups excluding carboxylic acids is 2. The first kappa shape index (κ1) is 13.5. The van der Waals surface area contributed by atoms with Crippen molar-refractivity contribution < 1.29 is 18.7 Å². The Morgan fingerprint density at radius 2 is 2.00 bits per heavy atom. The molecular formula is C13H18O4. The van der Waals surface area contributed by atoms with Crippen molar-refractivity contribution in [3.8, 4) is 5.95 Å². The summed E-state index contributed by atoms with van der Waals surface area (Å²) in [6, 6.07) is 1.66. The van der Waals surface area contributed by atoms with E-state index in [4.69, 9.17) is 9.15 Å². The normalized spacial score (nSPS) is 10.3. The van der Waals surface area contributed by atoms with Crippen LogP contribution in [0.1, 0.15) is 56.2 Å². The van der Waals surface area contributed by atoms with Crippen LogP contribution in [0.15, 0.2) is 10.5 Å². The van der Waals surface area contributed by atoms with Gasteiger partial charge in [-0.25, -0.2) is 0 Å². The van der Waals surface area contributed by atoms with Crippen LogP contribution in [0.4, 0.5) is 0 Å². The van der Waals surface area contributed by atoms with Crippen molar-refractivity contribution >= 4 is 11.8 Å². The Morgan fingerprint density at radius 1 is 1.29 bits per heavy atom. The second-order valence-corrected chi connectivity index (χ2v) is 4.02. The van der Waals surface area contributed by atoms with E-state index < -0.39 is 5.97 Å².